The summed E-state index contributed by atoms with van der Waals surface area (Å²) in [6.45, 7) is 0. The van der Waals surface area contributed by atoms with Gasteiger partial charge in [0.1, 0.15) is 0 Å². The van der Waals surface area contributed by atoms with Crippen LogP contribution in [0.1, 0.15) is 0 Å². The van der Waals surface area contributed by atoms with Crippen LogP contribution in [0, 0.1) is 0 Å². The first kappa shape index (κ1) is 25.2. The normalized spacial score (nSPS) is 11.4. The molecule has 7 aromatic rings. The molecule has 0 amide bonds. The van der Waals surface area contributed by atoms with Crippen LogP contribution in [-0.2, 0) is 0 Å². The Kier molecular flexibility index (Phi) is 7.14. The number of rotatable bonds is 6. The number of fused-ring (bicyclic) bond motifs is 2. The molecule has 0 aliphatic carbocycles. The summed E-state index contributed by atoms with van der Waals surface area (Å²) in [5, 5.41) is 5.44. The standard InChI is InChI=1S/C38H28As2/c1-5-17-31(18-6-1)39(32-19-7-2-8-20-32)37-25-13-15-29-28-36-30(27-35(29)37)16-14-26-38(36)40(33-21-9-3-10-22-33)34-23-11-4-12-24-34/h1-28H. The van der Waals surface area contributed by atoms with Gasteiger partial charge in [-0.25, -0.2) is 0 Å². The van der Waals surface area contributed by atoms with Crippen molar-refractivity contribution in [2.45, 2.75) is 0 Å². The van der Waals surface area contributed by atoms with E-state index in [1.807, 2.05) is 0 Å². The Morgan fingerprint density at radius 1 is 0.275 bits per heavy atom. The van der Waals surface area contributed by atoms with E-state index in [4.69, 9.17) is 0 Å². The fraction of sp³-hybridized carbons (Fsp3) is 0. The quantitative estimate of drug-likeness (QED) is 0.178. The molecule has 0 heterocycles. The molecule has 0 atom stereocenters. The zero-order valence-electron chi connectivity index (χ0n) is 22.1. The van der Waals surface area contributed by atoms with Crippen LogP contribution < -0.4 is 26.1 Å². The van der Waals surface area contributed by atoms with Crippen LogP contribution in [0.25, 0.3) is 21.5 Å². The fourth-order valence-corrected chi connectivity index (χ4v) is 15.9. The minimum atomic E-state index is -1.75. The Hall–Kier alpha value is -3.82. The molecule has 40 heavy (non-hydrogen) atoms. The van der Waals surface area contributed by atoms with Crippen LogP contribution in [0.15, 0.2) is 170 Å². The molecule has 0 bridgehead atoms. The Bertz CT molecular complexity index is 1660. The van der Waals surface area contributed by atoms with E-state index < -0.39 is 29.3 Å². The summed E-state index contributed by atoms with van der Waals surface area (Å²) in [7, 11) is 0. The van der Waals surface area contributed by atoms with Gasteiger partial charge in [-0.3, -0.25) is 0 Å². The zero-order valence-corrected chi connectivity index (χ0v) is 25.8. The van der Waals surface area contributed by atoms with E-state index in [1.165, 1.54) is 47.7 Å². The second-order valence-electron chi connectivity index (χ2n) is 9.86. The molecule has 0 aromatic heterocycles. The van der Waals surface area contributed by atoms with Crippen LogP contribution in [-0.4, -0.2) is 29.3 Å². The molecule has 0 spiro atoms. The minimum absolute atomic E-state index is 1.33. The van der Waals surface area contributed by atoms with Crippen molar-refractivity contribution in [2.24, 2.45) is 0 Å². The summed E-state index contributed by atoms with van der Waals surface area (Å²) in [6.07, 6.45) is 0. The van der Waals surface area contributed by atoms with E-state index in [0.29, 0.717) is 0 Å². The van der Waals surface area contributed by atoms with E-state index >= 15 is 0 Å². The number of hydrogen-bond acceptors (Lipinski definition) is 0. The molecular formula is C38H28As2. The van der Waals surface area contributed by atoms with Crippen molar-refractivity contribution >= 4 is 77.0 Å². The van der Waals surface area contributed by atoms with Gasteiger partial charge in [0, 0.05) is 0 Å². The van der Waals surface area contributed by atoms with Crippen LogP contribution in [0.4, 0.5) is 0 Å². The maximum absolute atomic E-state index is 2.47. The van der Waals surface area contributed by atoms with E-state index in [2.05, 4.69) is 170 Å². The van der Waals surface area contributed by atoms with Crippen molar-refractivity contribution in [1.82, 2.24) is 0 Å². The topological polar surface area (TPSA) is 0 Å². The summed E-state index contributed by atoms with van der Waals surface area (Å²) in [6, 6.07) is 63.4. The van der Waals surface area contributed by atoms with Gasteiger partial charge in [-0.05, 0) is 0 Å². The van der Waals surface area contributed by atoms with Crippen molar-refractivity contribution < 1.29 is 0 Å². The summed E-state index contributed by atoms with van der Waals surface area (Å²) >= 11 is -3.50. The third-order valence-corrected chi connectivity index (χ3v) is 17.9. The summed E-state index contributed by atoms with van der Waals surface area (Å²) < 4.78 is 8.84. The molecule has 0 saturated heterocycles. The van der Waals surface area contributed by atoms with Crippen molar-refractivity contribution in [3.63, 3.8) is 0 Å². The molecule has 0 saturated carbocycles. The second-order valence-corrected chi connectivity index (χ2v) is 19.0. The Labute approximate surface area is 245 Å². The second kappa shape index (κ2) is 11.3. The van der Waals surface area contributed by atoms with E-state index in [9.17, 15) is 0 Å². The SMILES string of the molecule is c1ccc([As](c2ccccc2)c2cccc3cc4c([As](c5ccccc5)c5ccccc5)cccc4cc23)cc1. The summed E-state index contributed by atoms with van der Waals surface area (Å²) in [5.74, 6) is 0. The first-order valence-corrected chi connectivity index (χ1v) is 19.3. The molecule has 7 rings (SSSR count). The van der Waals surface area contributed by atoms with Gasteiger partial charge >= 0.3 is 247 Å². The van der Waals surface area contributed by atoms with Gasteiger partial charge in [0.2, 0.25) is 0 Å². The summed E-state index contributed by atoms with van der Waals surface area (Å²) in [5.41, 5.74) is 0. The van der Waals surface area contributed by atoms with Gasteiger partial charge in [0.15, 0.2) is 0 Å². The first-order valence-electron chi connectivity index (χ1n) is 13.6. The fourth-order valence-electron chi connectivity index (χ4n) is 5.57. The third kappa shape index (κ3) is 4.84. The van der Waals surface area contributed by atoms with Crippen molar-refractivity contribution in [3.8, 4) is 0 Å². The molecule has 0 N–H and O–H groups in total. The van der Waals surface area contributed by atoms with Crippen molar-refractivity contribution in [1.29, 1.82) is 0 Å². The predicted molar refractivity (Wildman–Crippen MR) is 177 cm³/mol. The first-order chi connectivity index (χ1) is 19.9. The van der Waals surface area contributed by atoms with Gasteiger partial charge in [-0.1, -0.05) is 0 Å². The van der Waals surface area contributed by atoms with Gasteiger partial charge in [-0.15, -0.1) is 0 Å². The Morgan fingerprint density at radius 3 is 0.875 bits per heavy atom. The van der Waals surface area contributed by atoms with Crippen LogP contribution in [0.2, 0.25) is 0 Å². The monoisotopic (exact) mass is 634 g/mol. The molecule has 0 unspecified atom stereocenters. The molecule has 0 aliphatic heterocycles. The molecule has 190 valence electrons. The average molecular weight is 634 g/mol. The summed E-state index contributed by atoms with van der Waals surface area (Å²) in [4.78, 5) is 0. The predicted octanol–water partition coefficient (Wildman–Crippen LogP) is 5.03. The van der Waals surface area contributed by atoms with Gasteiger partial charge in [0.25, 0.3) is 0 Å². The van der Waals surface area contributed by atoms with E-state index in [0.717, 1.165) is 0 Å². The molecular weight excluding hydrogens is 606 g/mol. The van der Waals surface area contributed by atoms with E-state index in [-0.39, 0.29) is 0 Å². The maximum atomic E-state index is 2.47. The van der Waals surface area contributed by atoms with Crippen molar-refractivity contribution in [2.75, 3.05) is 0 Å². The van der Waals surface area contributed by atoms with Gasteiger partial charge in [-0.2, -0.15) is 0 Å². The Morgan fingerprint density at radius 2 is 0.575 bits per heavy atom. The van der Waals surface area contributed by atoms with Gasteiger partial charge < -0.3 is 0 Å². The third-order valence-electron chi connectivity index (χ3n) is 7.37. The van der Waals surface area contributed by atoms with Crippen LogP contribution in [0.3, 0.4) is 0 Å². The van der Waals surface area contributed by atoms with E-state index in [1.54, 1.807) is 0 Å². The van der Waals surface area contributed by atoms with Crippen molar-refractivity contribution in [3.05, 3.63) is 170 Å². The molecule has 0 fully saturated rings. The molecule has 0 nitrogen and oxygen atoms in total. The van der Waals surface area contributed by atoms with Crippen LogP contribution in [0.5, 0.6) is 0 Å². The van der Waals surface area contributed by atoms with Crippen LogP contribution >= 0.6 is 0 Å². The van der Waals surface area contributed by atoms with Gasteiger partial charge in [0.05, 0.1) is 0 Å². The zero-order chi connectivity index (χ0) is 26.7. The number of hydrogen-bond donors (Lipinski definition) is 0. The molecule has 0 radical (unpaired) electrons. The number of benzene rings is 7. The molecule has 2 heteroatoms. The Balaban J connectivity index is 1.46. The molecule has 7 aromatic carbocycles. The average Bonchev–Trinajstić information content (AvgIpc) is 3.03. The molecule has 0 aliphatic rings.